The largest absolute Gasteiger partial charge is 0.465 e. The van der Waals surface area contributed by atoms with Gasteiger partial charge in [0.1, 0.15) is 16.1 Å². The molecule has 0 spiro atoms. The lowest BCUT2D eigenvalue weighted by atomic mass is 10.2. The zero-order valence-electron chi connectivity index (χ0n) is 14.2. The lowest BCUT2D eigenvalue weighted by Gasteiger charge is -2.30. The Labute approximate surface area is 161 Å². The number of thiocarbonyl (C=S) groups is 1. The fourth-order valence-corrected chi connectivity index (χ4v) is 6.16. The fraction of sp³-hybridized carbons (Fsp3) is 0.438. The molecule has 7 nitrogen and oxygen atoms in total. The fourth-order valence-electron chi connectivity index (χ4n) is 2.98. The van der Waals surface area contributed by atoms with Gasteiger partial charge < -0.3 is 9.32 Å². The van der Waals surface area contributed by atoms with Crippen molar-refractivity contribution in [2.45, 2.75) is 25.4 Å². The average Bonchev–Trinajstić information content (AvgIpc) is 3.27. The first-order valence-electron chi connectivity index (χ1n) is 7.97. The van der Waals surface area contributed by atoms with Gasteiger partial charge in [0.15, 0.2) is 9.84 Å². The first-order valence-corrected chi connectivity index (χ1v) is 11.0. The molecule has 2 amide bonds. The molecule has 0 radical (unpaired) electrons. The number of rotatable bonds is 4. The van der Waals surface area contributed by atoms with Gasteiger partial charge in [-0.3, -0.25) is 14.5 Å². The van der Waals surface area contributed by atoms with E-state index in [2.05, 4.69) is 0 Å². The zero-order valence-corrected chi connectivity index (χ0v) is 16.7. The summed E-state index contributed by atoms with van der Waals surface area (Å²) >= 11 is 6.39. The lowest BCUT2D eigenvalue weighted by Crippen LogP contribution is -2.50. The summed E-state index contributed by atoms with van der Waals surface area (Å²) < 4.78 is 28.8. The molecule has 0 N–H and O–H groups in total. The Kier molecular flexibility index (Phi) is 5.27. The van der Waals surface area contributed by atoms with Crippen LogP contribution in [0.4, 0.5) is 0 Å². The van der Waals surface area contributed by atoms with Crippen LogP contribution in [-0.2, 0) is 19.4 Å². The summed E-state index contributed by atoms with van der Waals surface area (Å²) in [7, 11) is -1.53. The first kappa shape index (κ1) is 19.1. The van der Waals surface area contributed by atoms with E-state index in [1.54, 1.807) is 32.2 Å². The monoisotopic (exact) mass is 414 g/mol. The maximum atomic E-state index is 12.8. The highest BCUT2D eigenvalue weighted by Crippen LogP contribution is 2.34. The summed E-state index contributed by atoms with van der Waals surface area (Å²) in [6.07, 6.45) is 3.50. The average molecular weight is 415 g/mol. The van der Waals surface area contributed by atoms with Gasteiger partial charge in [0.05, 0.1) is 22.7 Å². The summed E-state index contributed by atoms with van der Waals surface area (Å²) in [5.41, 5.74) is 0. The van der Waals surface area contributed by atoms with Gasteiger partial charge >= 0.3 is 0 Å². The van der Waals surface area contributed by atoms with E-state index in [1.165, 1.54) is 16.1 Å². The molecule has 0 aliphatic carbocycles. The summed E-state index contributed by atoms with van der Waals surface area (Å²) in [4.78, 5) is 28.5. The number of likely N-dealkylation sites (N-methyl/N-ethyl adjacent to an activating group) is 1. The third-order valence-corrected chi connectivity index (χ3v) is 7.57. The number of sulfone groups is 1. The van der Waals surface area contributed by atoms with Crippen molar-refractivity contribution in [2.75, 3.05) is 18.6 Å². The second-order valence-corrected chi connectivity index (χ2v) is 10.2. The van der Waals surface area contributed by atoms with Crippen molar-refractivity contribution in [3.8, 4) is 0 Å². The summed E-state index contributed by atoms with van der Waals surface area (Å²) in [6.45, 7) is 1.60. The molecule has 0 bridgehead atoms. The van der Waals surface area contributed by atoms with Crippen LogP contribution in [0.2, 0.25) is 0 Å². The third kappa shape index (κ3) is 3.72. The molecule has 0 aromatic carbocycles. The van der Waals surface area contributed by atoms with Crippen molar-refractivity contribution >= 4 is 56.0 Å². The number of hydrogen-bond acceptors (Lipinski definition) is 7. The third-order valence-electron chi connectivity index (χ3n) is 4.49. The number of carbonyl (C=O) groups excluding carboxylic acids is 2. The molecular weight excluding hydrogens is 396 g/mol. The van der Waals surface area contributed by atoms with Crippen molar-refractivity contribution < 1.29 is 22.4 Å². The number of hydrogen-bond donors (Lipinski definition) is 0. The molecule has 0 saturated carbocycles. The van der Waals surface area contributed by atoms with Crippen molar-refractivity contribution in [1.29, 1.82) is 0 Å². The first-order chi connectivity index (χ1) is 12.2. The maximum Gasteiger partial charge on any atom is 0.267 e. The predicted molar refractivity (Wildman–Crippen MR) is 103 cm³/mol. The van der Waals surface area contributed by atoms with Gasteiger partial charge in [-0.25, -0.2) is 8.42 Å². The Hall–Kier alpha value is -1.65. The molecule has 3 heterocycles. The van der Waals surface area contributed by atoms with Crippen LogP contribution in [0.25, 0.3) is 6.08 Å². The number of amides is 2. The van der Waals surface area contributed by atoms with E-state index in [0.29, 0.717) is 21.4 Å². The molecule has 2 atom stereocenters. The second kappa shape index (κ2) is 7.16. The standard InChI is InChI=1S/C16H18N2O5S3/c1-10(14(19)17(2)11-5-7-26(21,22)9-11)18-15(20)13(25-16(18)24)8-12-4-3-6-23-12/h3-4,6,8,10-11H,5,7,9H2,1-2H3/b13-8+/t10-,11-/m1/s1. The van der Waals surface area contributed by atoms with Gasteiger partial charge in [-0.1, -0.05) is 24.0 Å². The molecule has 0 unspecified atom stereocenters. The number of carbonyl (C=O) groups is 2. The summed E-state index contributed by atoms with van der Waals surface area (Å²) in [5.74, 6) is -0.125. The Balaban J connectivity index is 1.74. The molecule has 2 fully saturated rings. The van der Waals surface area contributed by atoms with Gasteiger partial charge in [-0.15, -0.1) is 0 Å². The minimum Gasteiger partial charge on any atom is -0.465 e. The van der Waals surface area contributed by atoms with Gasteiger partial charge in [0.2, 0.25) is 5.91 Å². The van der Waals surface area contributed by atoms with Crippen molar-refractivity contribution in [3.63, 3.8) is 0 Å². The quantitative estimate of drug-likeness (QED) is 0.545. The molecule has 1 aromatic heterocycles. The van der Waals surface area contributed by atoms with E-state index in [9.17, 15) is 18.0 Å². The van der Waals surface area contributed by atoms with Crippen molar-refractivity contribution in [3.05, 3.63) is 29.1 Å². The van der Waals surface area contributed by atoms with E-state index in [4.69, 9.17) is 16.6 Å². The summed E-state index contributed by atoms with van der Waals surface area (Å²) in [5, 5.41) is 0. The van der Waals surface area contributed by atoms with Crippen LogP contribution < -0.4 is 0 Å². The molecule has 2 aliphatic rings. The molecule has 1 aromatic rings. The smallest absolute Gasteiger partial charge is 0.267 e. The summed E-state index contributed by atoms with van der Waals surface area (Å²) in [6, 6.07) is 2.25. The van der Waals surface area contributed by atoms with Crippen LogP contribution in [0.15, 0.2) is 27.7 Å². The van der Waals surface area contributed by atoms with Crippen molar-refractivity contribution in [1.82, 2.24) is 9.80 Å². The van der Waals surface area contributed by atoms with Crippen molar-refractivity contribution in [2.24, 2.45) is 0 Å². The molecular formula is C16H18N2O5S3. The SMILES string of the molecule is C[C@H](C(=O)N(C)[C@@H]1CCS(=O)(=O)C1)N1C(=O)/C(=C\c2ccco2)SC1=S. The number of thioether (sulfide) groups is 1. The van der Waals surface area contributed by atoms with Gasteiger partial charge in [0, 0.05) is 19.2 Å². The maximum absolute atomic E-state index is 12.8. The van der Waals surface area contributed by atoms with Crippen LogP contribution in [0.1, 0.15) is 19.1 Å². The van der Waals surface area contributed by atoms with Gasteiger partial charge in [-0.05, 0) is 25.5 Å². The second-order valence-electron chi connectivity index (χ2n) is 6.25. The van der Waals surface area contributed by atoms with Gasteiger partial charge in [0.25, 0.3) is 5.91 Å². The lowest BCUT2D eigenvalue weighted by molar-refractivity contribution is -0.139. The molecule has 140 valence electrons. The van der Waals surface area contributed by atoms with E-state index in [-0.39, 0.29) is 29.4 Å². The van der Waals surface area contributed by atoms with Crippen LogP contribution >= 0.6 is 24.0 Å². The Bertz CT molecular complexity index is 876. The van der Waals surface area contributed by atoms with Crippen LogP contribution in [0.5, 0.6) is 0 Å². The molecule has 3 rings (SSSR count). The van der Waals surface area contributed by atoms with Crippen LogP contribution in [0.3, 0.4) is 0 Å². The molecule has 26 heavy (non-hydrogen) atoms. The highest BCUT2D eigenvalue weighted by molar-refractivity contribution is 8.26. The number of furan rings is 1. The van der Waals surface area contributed by atoms with Crippen LogP contribution in [-0.4, -0.2) is 65.0 Å². The zero-order chi connectivity index (χ0) is 19.1. The Morgan fingerprint density at radius 3 is 2.85 bits per heavy atom. The molecule has 2 aliphatic heterocycles. The Morgan fingerprint density at radius 2 is 2.27 bits per heavy atom. The predicted octanol–water partition coefficient (Wildman–Crippen LogP) is 1.51. The normalized spacial score (nSPS) is 25.1. The van der Waals surface area contributed by atoms with Gasteiger partial charge in [-0.2, -0.15) is 0 Å². The van der Waals surface area contributed by atoms with Crippen LogP contribution in [0, 0.1) is 0 Å². The topological polar surface area (TPSA) is 87.9 Å². The van der Waals surface area contributed by atoms with E-state index >= 15 is 0 Å². The highest BCUT2D eigenvalue weighted by atomic mass is 32.2. The molecule has 2 saturated heterocycles. The van der Waals surface area contributed by atoms with E-state index < -0.39 is 15.9 Å². The molecule has 10 heteroatoms. The number of nitrogens with zero attached hydrogens (tertiary/aromatic N) is 2. The minimum absolute atomic E-state index is 0.0429. The van der Waals surface area contributed by atoms with E-state index in [0.717, 1.165) is 11.8 Å². The minimum atomic E-state index is -3.10. The highest BCUT2D eigenvalue weighted by Gasteiger charge is 2.41. The van der Waals surface area contributed by atoms with E-state index in [1.807, 2.05) is 0 Å². The Morgan fingerprint density at radius 1 is 1.54 bits per heavy atom.